The maximum atomic E-state index is 12.2. The van der Waals surface area contributed by atoms with E-state index in [-0.39, 0.29) is 0 Å². The molecule has 0 radical (unpaired) electrons. The molecule has 0 aliphatic carbocycles. The monoisotopic (exact) mass is 291 g/mol. The fraction of sp³-hybridized carbons (Fsp3) is 0.467. The van der Waals surface area contributed by atoms with E-state index >= 15 is 0 Å². The quantitative estimate of drug-likeness (QED) is 0.735. The van der Waals surface area contributed by atoms with Gasteiger partial charge in [-0.15, -0.1) is 0 Å². The molecule has 0 saturated carbocycles. The van der Waals surface area contributed by atoms with E-state index in [1.807, 2.05) is 12.1 Å². The minimum absolute atomic E-state index is 0.430. The highest BCUT2D eigenvalue weighted by atomic mass is 16.6. The highest BCUT2D eigenvalue weighted by molar-refractivity contribution is 5.92. The Hall–Kier alpha value is -2.08. The lowest BCUT2D eigenvalue weighted by Gasteiger charge is -2.51. The van der Waals surface area contributed by atoms with Crippen molar-refractivity contribution in [1.29, 1.82) is 0 Å². The Morgan fingerprint density at radius 1 is 1.38 bits per heavy atom. The van der Waals surface area contributed by atoms with Crippen LogP contribution in [0.1, 0.15) is 25.3 Å². The predicted octanol–water partition coefficient (Wildman–Crippen LogP) is 1.63. The lowest BCUT2D eigenvalue weighted by atomic mass is 9.67. The van der Waals surface area contributed by atoms with Crippen LogP contribution in [0, 0.1) is 5.41 Å². The second kappa shape index (κ2) is 4.46. The smallest absolute Gasteiger partial charge is 0.417 e. The number of aliphatic hydroxyl groups excluding tert-OH is 1. The average molecular weight is 291 g/mol. The van der Waals surface area contributed by atoms with E-state index in [1.54, 1.807) is 26.0 Å². The molecule has 3 atom stereocenters. The average Bonchev–Trinajstić information content (AvgIpc) is 2.45. The number of rotatable bonds is 0. The number of nitrogens with zero attached hydrogens (tertiary/aromatic N) is 1. The van der Waals surface area contributed by atoms with Crippen molar-refractivity contribution in [1.82, 2.24) is 0 Å². The normalized spacial score (nSPS) is 29.4. The van der Waals surface area contributed by atoms with Gasteiger partial charge in [-0.25, -0.2) is 9.69 Å². The molecule has 21 heavy (non-hydrogen) atoms. The van der Waals surface area contributed by atoms with Gasteiger partial charge < -0.3 is 14.6 Å². The molecule has 0 spiro atoms. The summed E-state index contributed by atoms with van der Waals surface area (Å²) in [7, 11) is 1.25. The molecule has 1 aromatic rings. The molecule has 1 saturated heterocycles. The number of aliphatic hydroxyl groups is 1. The topological polar surface area (TPSA) is 76.1 Å². The molecule has 2 aliphatic rings. The third-order valence-corrected chi connectivity index (χ3v) is 4.32. The molecule has 1 amide bonds. The van der Waals surface area contributed by atoms with Gasteiger partial charge in [0, 0.05) is 5.92 Å². The van der Waals surface area contributed by atoms with Crippen LogP contribution in [0.15, 0.2) is 24.3 Å². The van der Waals surface area contributed by atoms with Gasteiger partial charge in [0.25, 0.3) is 0 Å². The highest BCUT2D eigenvalue weighted by Gasteiger charge is 2.58. The van der Waals surface area contributed by atoms with Crippen molar-refractivity contribution in [2.75, 3.05) is 12.0 Å². The number of carbonyl (C=O) groups excluding carboxylic acids is 2. The zero-order valence-corrected chi connectivity index (χ0v) is 12.1. The fourth-order valence-corrected chi connectivity index (χ4v) is 3.24. The van der Waals surface area contributed by atoms with Gasteiger partial charge in [0.15, 0.2) is 0 Å². The van der Waals surface area contributed by atoms with Crippen LogP contribution in [-0.2, 0) is 14.3 Å². The number of anilines is 1. The van der Waals surface area contributed by atoms with Crippen molar-refractivity contribution in [3.8, 4) is 0 Å². The number of ether oxygens (including phenoxy) is 2. The summed E-state index contributed by atoms with van der Waals surface area (Å²) in [6.45, 7) is 3.48. The summed E-state index contributed by atoms with van der Waals surface area (Å²) >= 11 is 0. The molecular weight excluding hydrogens is 274 g/mol. The van der Waals surface area contributed by atoms with Crippen molar-refractivity contribution in [2.45, 2.75) is 32.1 Å². The molecule has 0 aromatic heterocycles. The first-order chi connectivity index (χ1) is 9.89. The van der Waals surface area contributed by atoms with Crippen molar-refractivity contribution in [2.24, 2.45) is 5.41 Å². The first-order valence-corrected chi connectivity index (χ1v) is 6.75. The molecule has 112 valence electrons. The summed E-state index contributed by atoms with van der Waals surface area (Å²) in [5.74, 6) is -0.868. The summed E-state index contributed by atoms with van der Waals surface area (Å²) < 4.78 is 10.1. The van der Waals surface area contributed by atoms with Crippen LogP contribution in [-0.4, -0.2) is 36.6 Å². The molecule has 1 aromatic carbocycles. The number of benzene rings is 1. The van der Waals surface area contributed by atoms with Crippen molar-refractivity contribution >= 4 is 17.7 Å². The molecule has 2 bridgehead atoms. The van der Waals surface area contributed by atoms with Gasteiger partial charge in [0.05, 0.1) is 18.2 Å². The van der Waals surface area contributed by atoms with Gasteiger partial charge in [-0.1, -0.05) is 18.2 Å². The maximum Gasteiger partial charge on any atom is 0.417 e. The van der Waals surface area contributed by atoms with Gasteiger partial charge in [0.1, 0.15) is 6.10 Å². The molecular formula is C15H17NO5. The van der Waals surface area contributed by atoms with Crippen molar-refractivity contribution in [3.63, 3.8) is 0 Å². The number of amides is 1. The zero-order chi connectivity index (χ0) is 15.4. The van der Waals surface area contributed by atoms with Gasteiger partial charge >= 0.3 is 12.1 Å². The van der Waals surface area contributed by atoms with E-state index in [4.69, 9.17) is 9.47 Å². The van der Waals surface area contributed by atoms with Gasteiger partial charge in [-0.3, -0.25) is 4.79 Å². The van der Waals surface area contributed by atoms with Crippen LogP contribution in [0.5, 0.6) is 0 Å². The number of methoxy groups -OCH3 is 1. The zero-order valence-electron chi connectivity index (χ0n) is 12.1. The van der Waals surface area contributed by atoms with E-state index in [9.17, 15) is 14.7 Å². The lowest BCUT2D eigenvalue weighted by Crippen LogP contribution is -2.63. The number of para-hydroxylation sites is 1. The number of hydrogen-bond donors (Lipinski definition) is 1. The molecule has 6 nitrogen and oxygen atoms in total. The number of esters is 1. The summed E-state index contributed by atoms with van der Waals surface area (Å²) in [6.07, 6.45) is -2.72. The summed E-state index contributed by atoms with van der Waals surface area (Å²) in [6, 6.07) is 7.18. The lowest BCUT2D eigenvalue weighted by molar-refractivity contribution is -0.186. The Bertz CT molecular complexity index is 612. The third kappa shape index (κ3) is 1.75. The molecule has 6 heteroatoms. The Balaban J connectivity index is 2.23. The SMILES string of the molecule is COC(=O)N1c2ccccc2C2C(O)C1OC(=O)C2(C)C. The largest absolute Gasteiger partial charge is 0.452 e. The molecule has 2 heterocycles. The van der Waals surface area contributed by atoms with Gasteiger partial charge in [-0.05, 0) is 25.5 Å². The highest BCUT2D eigenvalue weighted by Crippen LogP contribution is 2.51. The van der Waals surface area contributed by atoms with Crippen molar-refractivity contribution in [3.05, 3.63) is 29.8 Å². The maximum absolute atomic E-state index is 12.2. The van der Waals surface area contributed by atoms with Gasteiger partial charge in [0.2, 0.25) is 6.23 Å². The summed E-state index contributed by atoms with van der Waals surface area (Å²) in [5.41, 5.74) is 0.479. The second-order valence-electron chi connectivity index (χ2n) is 5.88. The number of hydrogen-bond acceptors (Lipinski definition) is 5. The fourth-order valence-electron chi connectivity index (χ4n) is 3.24. The Labute approximate surface area is 122 Å². The van der Waals surface area contributed by atoms with E-state index in [2.05, 4.69) is 0 Å². The standard InChI is InChI=1S/C15H17NO5/c1-15(2)10-8-6-4-5-7-9(8)16(14(19)20-3)12(11(10)17)21-13(15)18/h4-7,10-12,17H,1-3H3. The third-order valence-electron chi connectivity index (χ3n) is 4.32. The van der Waals surface area contributed by atoms with Crippen LogP contribution in [0.25, 0.3) is 0 Å². The van der Waals surface area contributed by atoms with Gasteiger partial charge in [-0.2, -0.15) is 0 Å². The van der Waals surface area contributed by atoms with E-state index in [0.717, 1.165) is 5.56 Å². The van der Waals surface area contributed by atoms with Crippen LogP contribution in [0.2, 0.25) is 0 Å². The van der Waals surface area contributed by atoms with Crippen LogP contribution >= 0.6 is 0 Å². The van der Waals surface area contributed by atoms with Crippen LogP contribution in [0.3, 0.4) is 0 Å². The minimum Gasteiger partial charge on any atom is -0.452 e. The van der Waals surface area contributed by atoms with Crippen LogP contribution < -0.4 is 4.90 Å². The molecule has 3 unspecified atom stereocenters. The molecule has 1 N–H and O–H groups in total. The number of fused-ring (bicyclic) bond motifs is 4. The summed E-state index contributed by atoms with van der Waals surface area (Å²) in [4.78, 5) is 25.5. The first kappa shape index (κ1) is 13.9. The Morgan fingerprint density at radius 2 is 2.05 bits per heavy atom. The predicted molar refractivity (Wildman–Crippen MR) is 73.7 cm³/mol. The Morgan fingerprint density at radius 3 is 2.71 bits per heavy atom. The Kier molecular flexibility index (Phi) is 2.95. The van der Waals surface area contributed by atoms with E-state index < -0.39 is 35.7 Å². The molecule has 1 fully saturated rings. The molecule has 2 aliphatic heterocycles. The van der Waals surface area contributed by atoms with Crippen LogP contribution in [0.4, 0.5) is 10.5 Å². The van der Waals surface area contributed by atoms with Crippen molar-refractivity contribution < 1.29 is 24.2 Å². The second-order valence-corrected chi connectivity index (χ2v) is 5.88. The van der Waals surface area contributed by atoms with E-state index in [0.29, 0.717) is 5.69 Å². The van der Waals surface area contributed by atoms with E-state index in [1.165, 1.54) is 12.0 Å². The summed E-state index contributed by atoms with van der Waals surface area (Å²) in [5, 5.41) is 10.6. The number of carbonyl (C=O) groups is 2. The molecule has 3 rings (SSSR count). The minimum atomic E-state index is -1.06. The first-order valence-electron chi connectivity index (χ1n) is 6.75.